The van der Waals surface area contributed by atoms with Crippen molar-refractivity contribution in [3.63, 3.8) is 0 Å². The van der Waals surface area contributed by atoms with Crippen LogP contribution in [0.2, 0.25) is 0 Å². The zero-order chi connectivity index (χ0) is 11.5. The first kappa shape index (κ1) is 15.1. The largest absolute Gasteiger partial charge is 1.00 e. The molecule has 0 aliphatic rings. The molecule has 1 aromatic rings. The molecule has 5 nitrogen and oxygen atoms in total. The number of carbonyl (C=O) groups excluding carboxylic acids is 1. The topological polar surface area (TPSA) is 103 Å². The summed E-state index contributed by atoms with van der Waals surface area (Å²) in [5.74, 6) is -3.40. The summed E-state index contributed by atoms with van der Waals surface area (Å²) in [4.78, 5) is 21.4. The summed E-state index contributed by atoms with van der Waals surface area (Å²) in [7, 11) is 0. The average Bonchev–Trinajstić information content (AvgIpc) is 2.18. The number of benzene rings is 1. The molecule has 80 valence electrons. The molecule has 0 heterocycles. The van der Waals surface area contributed by atoms with Crippen molar-refractivity contribution in [1.82, 2.24) is 0 Å². The van der Waals surface area contributed by atoms with Crippen LogP contribution >= 0.6 is 0 Å². The minimum absolute atomic E-state index is 0. The van der Waals surface area contributed by atoms with E-state index in [1.165, 1.54) is 0 Å². The Balaban J connectivity index is 0.00000225. The first-order chi connectivity index (χ1) is 6.97. The van der Waals surface area contributed by atoms with Gasteiger partial charge in [-0.15, -0.1) is 0 Å². The molecular formula is C10H10NNaO4. The van der Waals surface area contributed by atoms with Crippen molar-refractivity contribution in [2.75, 3.05) is 0 Å². The Kier molecular flexibility index (Phi) is 5.67. The van der Waals surface area contributed by atoms with Crippen LogP contribution in [0.3, 0.4) is 0 Å². The molecule has 1 unspecified atom stereocenters. The summed E-state index contributed by atoms with van der Waals surface area (Å²) >= 11 is 0. The van der Waals surface area contributed by atoms with Crippen LogP contribution in [0.1, 0.15) is 5.56 Å². The smallest absolute Gasteiger partial charge is 0.547 e. The van der Waals surface area contributed by atoms with Crippen LogP contribution in [-0.2, 0) is 16.0 Å². The molecule has 0 amide bonds. The van der Waals surface area contributed by atoms with Crippen LogP contribution < -0.4 is 40.4 Å². The molecule has 0 spiro atoms. The minimum atomic E-state index is -2.37. The zero-order valence-electron chi connectivity index (χ0n) is 8.84. The third-order valence-corrected chi connectivity index (χ3v) is 2.07. The Morgan fingerprint density at radius 3 is 2.19 bits per heavy atom. The Morgan fingerprint density at radius 2 is 1.81 bits per heavy atom. The van der Waals surface area contributed by atoms with Crippen LogP contribution in [0.5, 0.6) is 0 Å². The fraction of sp³-hybridized carbons (Fsp3) is 0.200. The number of carboxylic acid groups (broad SMARTS) is 2. The minimum Gasteiger partial charge on any atom is -0.547 e. The average molecular weight is 231 g/mol. The first-order valence-electron chi connectivity index (χ1n) is 4.24. The molecule has 0 saturated heterocycles. The molecule has 3 N–H and O–H groups in total. The van der Waals surface area contributed by atoms with E-state index in [-0.39, 0.29) is 36.0 Å². The summed E-state index contributed by atoms with van der Waals surface area (Å²) in [6, 6.07) is 8.29. The third kappa shape index (κ3) is 3.31. The molecule has 1 atom stereocenters. The van der Waals surface area contributed by atoms with Gasteiger partial charge in [-0.3, -0.25) is 0 Å². The van der Waals surface area contributed by atoms with Crippen molar-refractivity contribution in [2.24, 2.45) is 5.73 Å². The molecule has 0 aliphatic carbocycles. The molecule has 0 bridgehead atoms. The maximum Gasteiger partial charge on any atom is 1.00 e. The fourth-order valence-electron chi connectivity index (χ4n) is 1.15. The number of rotatable bonds is 4. The standard InChI is InChI=1S/C10H11NO4.Na/c11-10(8(12)13,9(14)15)6-7-4-2-1-3-5-7;/h1-5H,6,11H2,(H,12,13)(H,14,15);/q;+1/p-1. The van der Waals surface area contributed by atoms with Crippen molar-refractivity contribution < 1.29 is 49.4 Å². The van der Waals surface area contributed by atoms with E-state index in [4.69, 9.17) is 10.8 Å². The molecule has 0 saturated carbocycles. The second-order valence-electron chi connectivity index (χ2n) is 3.23. The van der Waals surface area contributed by atoms with Crippen LogP contribution in [0, 0.1) is 0 Å². The summed E-state index contributed by atoms with van der Waals surface area (Å²) < 4.78 is 0. The van der Waals surface area contributed by atoms with Gasteiger partial charge >= 0.3 is 35.5 Å². The van der Waals surface area contributed by atoms with Gasteiger partial charge < -0.3 is 20.7 Å². The third-order valence-electron chi connectivity index (χ3n) is 2.07. The number of hydrogen-bond acceptors (Lipinski definition) is 4. The van der Waals surface area contributed by atoms with Crippen molar-refractivity contribution in [3.8, 4) is 0 Å². The van der Waals surface area contributed by atoms with E-state index in [0.29, 0.717) is 5.56 Å². The second kappa shape index (κ2) is 6.00. The molecule has 1 aromatic carbocycles. The predicted molar refractivity (Wildman–Crippen MR) is 49.7 cm³/mol. The zero-order valence-corrected chi connectivity index (χ0v) is 10.8. The van der Waals surface area contributed by atoms with Gasteiger partial charge in [0.15, 0.2) is 5.54 Å². The molecule has 0 aliphatic heterocycles. The van der Waals surface area contributed by atoms with Crippen LogP contribution in [0.25, 0.3) is 0 Å². The van der Waals surface area contributed by atoms with Gasteiger partial charge in [-0.2, -0.15) is 0 Å². The van der Waals surface area contributed by atoms with E-state index in [2.05, 4.69) is 0 Å². The van der Waals surface area contributed by atoms with Crippen molar-refractivity contribution in [2.45, 2.75) is 12.0 Å². The Hall–Kier alpha value is -0.880. The molecule has 0 aromatic heterocycles. The summed E-state index contributed by atoms with van der Waals surface area (Å²) in [5, 5.41) is 19.4. The van der Waals surface area contributed by atoms with Gasteiger partial charge in [0.05, 0.1) is 5.97 Å². The monoisotopic (exact) mass is 231 g/mol. The normalized spacial score (nSPS) is 13.3. The summed E-state index contributed by atoms with van der Waals surface area (Å²) in [6.07, 6.45) is -0.300. The second-order valence-corrected chi connectivity index (χ2v) is 3.23. The van der Waals surface area contributed by atoms with E-state index in [9.17, 15) is 14.7 Å². The van der Waals surface area contributed by atoms with Gasteiger partial charge in [0.2, 0.25) is 0 Å². The number of aliphatic carboxylic acids is 2. The van der Waals surface area contributed by atoms with Crippen LogP contribution in [0.15, 0.2) is 30.3 Å². The predicted octanol–water partition coefficient (Wildman–Crippen LogP) is -4.23. The molecule has 1 rings (SSSR count). The van der Waals surface area contributed by atoms with Gasteiger partial charge in [0, 0.05) is 6.42 Å². The summed E-state index contributed by atoms with van der Waals surface area (Å²) in [6.45, 7) is 0. The van der Waals surface area contributed by atoms with Crippen molar-refractivity contribution >= 4 is 11.9 Å². The Morgan fingerprint density at radius 1 is 1.31 bits per heavy atom. The molecule has 0 fully saturated rings. The van der Waals surface area contributed by atoms with E-state index >= 15 is 0 Å². The molecule has 16 heavy (non-hydrogen) atoms. The van der Waals surface area contributed by atoms with Crippen molar-refractivity contribution in [1.29, 1.82) is 0 Å². The SMILES string of the molecule is NC(Cc1ccccc1)(C(=O)[O-])C(=O)O.[Na+]. The van der Waals surface area contributed by atoms with E-state index in [1.807, 2.05) is 0 Å². The number of nitrogens with two attached hydrogens (primary N) is 1. The van der Waals surface area contributed by atoms with Gasteiger partial charge in [0.1, 0.15) is 0 Å². The van der Waals surface area contributed by atoms with Crippen molar-refractivity contribution in [3.05, 3.63) is 35.9 Å². The number of hydrogen-bond donors (Lipinski definition) is 2. The summed E-state index contributed by atoms with van der Waals surface area (Å²) in [5.41, 5.74) is 3.41. The maximum absolute atomic E-state index is 10.7. The number of carboxylic acids is 2. The van der Waals surface area contributed by atoms with Gasteiger partial charge in [-0.25, -0.2) is 4.79 Å². The Bertz CT molecular complexity index is 366. The van der Waals surface area contributed by atoms with Gasteiger partial charge in [-0.1, -0.05) is 30.3 Å². The fourth-order valence-corrected chi connectivity index (χ4v) is 1.15. The van der Waals surface area contributed by atoms with E-state index in [1.54, 1.807) is 30.3 Å². The molecule has 6 heteroatoms. The maximum atomic E-state index is 10.7. The molecular weight excluding hydrogens is 221 g/mol. The van der Waals surface area contributed by atoms with Crippen LogP contribution in [0.4, 0.5) is 0 Å². The van der Waals surface area contributed by atoms with E-state index in [0.717, 1.165) is 0 Å². The quantitative estimate of drug-likeness (QED) is 0.403. The molecule has 0 radical (unpaired) electrons. The first-order valence-corrected chi connectivity index (χ1v) is 4.24. The number of carbonyl (C=O) groups is 2. The Labute approximate surface area is 115 Å². The van der Waals surface area contributed by atoms with Gasteiger partial charge in [0.25, 0.3) is 0 Å². The van der Waals surface area contributed by atoms with Crippen LogP contribution in [-0.4, -0.2) is 22.6 Å². The van der Waals surface area contributed by atoms with E-state index < -0.39 is 17.5 Å². The van der Waals surface area contributed by atoms with Gasteiger partial charge in [-0.05, 0) is 5.56 Å².